The minimum atomic E-state index is -0.792. The highest BCUT2D eigenvalue weighted by atomic mass is 16.5. The Bertz CT molecular complexity index is 4480. The first-order chi connectivity index (χ1) is 35.2. The van der Waals surface area contributed by atoms with Gasteiger partial charge < -0.3 is 13.7 Å². The van der Waals surface area contributed by atoms with Gasteiger partial charge in [0.15, 0.2) is 0 Å². The van der Waals surface area contributed by atoms with Gasteiger partial charge in [-0.05, 0) is 128 Å². The van der Waals surface area contributed by atoms with Gasteiger partial charge in [-0.1, -0.05) is 140 Å². The number of nitrogens with zero attached hydrogens (tertiary/aromatic N) is 3. The molecule has 1 atom stereocenters. The van der Waals surface area contributed by atoms with E-state index < -0.39 is 10.8 Å². The lowest BCUT2D eigenvalue weighted by Crippen LogP contribution is -2.33. The van der Waals surface area contributed by atoms with E-state index in [1.54, 1.807) is 0 Å². The number of fused-ring (bicyclic) bond motifs is 26. The predicted octanol–water partition coefficient (Wildman–Crippen LogP) is 16.0. The van der Waals surface area contributed by atoms with E-state index >= 15 is 0 Å². The Morgan fingerprint density at radius 2 is 1.03 bits per heavy atom. The average molecular weight is 904 g/mol. The number of hydrogen-bond acceptors (Lipinski definition) is 4. The number of pyridine rings is 2. The van der Waals surface area contributed by atoms with Crippen LogP contribution in [-0.4, -0.2) is 14.5 Å². The van der Waals surface area contributed by atoms with Crippen LogP contribution < -0.4 is 4.74 Å². The zero-order valence-corrected chi connectivity index (χ0v) is 38.0. The maximum Gasteiger partial charge on any atom is 0.136 e. The molecule has 4 aliphatic rings. The molecule has 9 aromatic carbocycles. The molecule has 0 N–H and O–H groups in total. The molecule has 5 heteroatoms. The summed E-state index contributed by atoms with van der Waals surface area (Å²) in [5.74, 6) is 1.67. The third kappa shape index (κ3) is 4.49. The summed E-state index contributed by atoms with van der Waals surface area (Å²) in [6.07, 6.45) is 3.90. The van der Waals surface area contributed by atoms with Crippen molar-refractivity contribution in [2.75, 3.05) is 0 Å². The summed E-state index contributed by atoms with van der Waals surface area (Å²) in [6.45, 7) is 0. The molecule has 13 aromatic rings. The average Bonchev–Trinajstić information content (AvgIpc) is 4.22. The standard InChI is InChI=1S/C66H37N3O2/c1-2-15-40(16-3-1)69-55-26-12-7-20-44(55)61-56(69)30-31-58-62(61)45-29-28-38(34-59(45)71-58)39-33-54-64(68-37-39)63-51(25-14-32-67-63)66(54)50-24-11-13-27-57(50)70-60-36-52-46(35-53(60)66)43-19-6-10-23-49(43)65(52)47-21-8-4-17-41(47)42-18-5-9-22-48(42)65/h1-37H. The fraction of sp³-hybridized carbons (Fsp3) is 0.0303. The normalized spacial score (nSPS) is 15.9. The zero-order chi connectivity index (χ0) is 46.2. The summed E-state index contributed by atoms with van der Waals surface area (Å²) < 4.78 is 16.4. The number of benzene rings is 9. The van der Waals surface area contributed by atoms with Crippen LogP contribution in [0.1, 0.15) is 44.5 Å². The Labute approximate surface area is 407 Å². The zero-order valence-electron chi connectivity index (χ0n) is 38.0. The quantitative estimate of drug-likeness (QED) is 0.173. The smallest absolute Gasteiger partial charge is 0.136 e. The lowest BCUT2D eigenvalue weighted by atomic mass is 9.65. The van der Waals surface area contributed by atoms with Crippen molar-refractivity contribution in [3.8, 4) is 62.0 Å². The Hall–Kier alpha value is -9.32. The van der Waals surface area contributed by atoms with Gasteiger partial charge in [0.2, 0.25) is 0 Å². The molecule has 1 unspecified atom stereocenters. The molecule has 3 aliphatic carbocycles. The van der Waals surface area contributed by atoms with Crippen LogP contribution in [-0.2, 0) is 10.8 Å². The molecule has 17 rings (SSSR count). The molecule has 5 heterocycles. The third-order valence-corrected chi connectivity index (χ3v) is 16.4. The fourth-order valence-electron chi connectivity index (χ4n) is 13.7. The van der Waals surface area contributed by atoms with E-state index in [1.165, 1.54) is 60.8 Å². The first-order valence-corrected chi connectivity index (χ1v) is 24.4. The molecule has 0 fully saturated rings. The molecule has 4 aromatic heterocycles. The molecule has 0 saturated carbocycles. The van der Waals surface area contributed by atoms with Crippen LogP contribution >= 0.6 is 0 Å². The lowest BCUT2D eigenvalue weighted by molar-refractivity contribution is 0.435. The lowest BCUT2D eigenvalue weighted by Gasteiger charge is -2.40. The van der Waals surface area contributed by atoms with E-state index in [-0.39, 0.29) is 0 Å². The van der Waals surface area contributed by atoms with Crippen molar-refractivity contribution in [3.05, 3.63) is 269 Å². The van der Waals surface area contributed by atoms with Gasteiger partial charge in [0.25, 0.3) is 0 Å². The molecule has 328 valence electrons. The summed E-state index contributed by atoms with van der Waals surface area (Å²) in [6, 6.07) is 77.3. The predicted molar refractivity (Wildman–Crippen MR) is 283 cm³/mol. The molecule has 0 saturated heterocycles. The molecular formula is C66H37N3O2. The monoisotopic (exact) mass is 903 g/mol. The van der Waals surface area contributed by atoms with Crippen molar-refractivity contribution in [1.82, 2.24) is 14.5 Å². The van der Waals surface area contributed by atoms with Gasteiger partial charge in [-0.25, -0.2) is 0 Å². The topological polar surface area (TPSA) is 53.1 Å². The Morgan fingerprint density at radius 1 is 0.366 bits per heavy atom. The van der Waals surface area contributed by atoms with E-state index in [4.69, 9.17) is 19.1 Å². The van der Waals surface area contributed by atoms with Crippen molar-refractivity contribution in [1.29, 1.82) is 0 Å². The van der Waals surface area contributed by atoms with Crippen LogP contribution in [0.4, 0.5) is 0 Å². The van der Waals surface area contributed by atoms with E-state index in [0.29, 0.717) is 0 Å². The summed E-state index contributed by atoms with van der Waals surface area (Å²) >= 11 is 0. The summed E-state index contributed by atoms with van der Waals surface area (Å²) in [5.41, 5.74) is 22.1. The van der Waals surface area contributed by atoms with Crippen molar-refractivity contribution >= 4 is 43.7 Å². The van der Waals surface area contributed by atoms with Gasteiger partial charge >= 0.3 is 0 Å². The summed E-state index contributed by atoms with van der Waals surface area (Å²) in [7, 11) is 0. The van der Waals surface area contributed by atoms with Gasteiger partial charge in [-0.2, -0.15) is 0 Å². The number of rotatable bonds is 2. The van der Waals surface area contributed by atoms with Crippen molar-refractivity contribution in [2.45, 2.75) is 10.8 Å². The second-order valence-corrected chi connectivity index (χ2v) is 19.5. The molecule has 1 aliphatic heterocycles. The van der Waals surface area contributed by atoms with Crippen LogP contribution in [0.3, 0.4) is 0 Å². The van der Waals surface area contributed by atoms with Crippen LogP contribution in [0.25, 0.3) is 94.2 Å². The molecule has 2 spiro atoms. The summed E-state index contributed by atoms with van der Waals surface area (Å²) in [5, 5.41) is 4.60. The molecule has 0 amide bonds. The van der Waals surface area contributed by atoms with Crippen LogP contribution in [0, 0.1) is 0 Å². The Kier molecular flexibility index (Phi) is 7.03. The number of furan rings is 1. The molecule has 71 heavy (non-hydrogen) atoms. The minimum absolute atomic E-state index is 0.510. The second-order valence-electron chi connectivity index (χ2n) is 19.5. The van der Waals surface area contributed by atoms with Crippen LogP contribution in [0.2, 0.25) is 0 Å². The second kappa shape index (κ2) is 13.3. The number of para-hydroxylation sites is 3. The first kappa shape index (κ1) is 37.6. The van der Waals surface area contributed by atoms with E-state index in [0.717, 1.165) is 89.4 Å². The van der Waals surface area contributed by atoms with E-state index in [2.05, 4.69) is 217 Å². The first-order valence-electron chi connectivity index (χ1n) is 24.4. The highest BCUT2D eigenvalue weighted by Crippen LogP contribution is 2.67. The Morgan fingerprint density at radius 3 is 1.83 bits per heavy atom. The van der Waals surface area contributed by atoms with Gasteiger partial charge in [0.1, 0.15) is 22.7 Å². The molecule has 0 radical (unpaired) electrons. The number of aromatic nitrogens is 3. The van der Waals surface area contributed by atoms with Gasteiger partial charge in [0, 0.05) is 61.9 Å². The van der Waals surface area contributed by atoms with Crippen LogP contribution in [0.5, 0.6) is 11.5 Å². The van der Waals surface area contributed by atoms with E-state index in [9.17, 15) is 0 Å². The van der Waals surface area contributed by atoms with Crippen LogP contribution in [0.15, 0.2) is 229 Å². The summed E-state index contributed by atoms with van der Waals surface area (Å²) in [4.78, 5) is 10.5. The minimum Gasteiger partial charge on any atom is -0.457 e. The fourth-order valence-corrected chi connectivity index (χ4v) is 13.7. The maximum atomic E-state index is 7.22. The van der Waals surface area contributed by atoms with Crippen molar-refractivity contribution < 1.29 is 9.15 Å². The van der Waals surface area contributed by atoms with Gasteiger partial charge in [-0.3, -0.25) is 9.97 Å². The highest BCUT2D eigenvalue weighted by molar-refractivity contribution is 6.27. The third-order valence-electron chi connectivity index (χ3n) is 16.4. The molecule has 0 bridgehead atoms. The SMILES string of the molecule is c1ccc(-n2c3ccccc3c3c4c(ccc32)oc2cc(-c3cnc5c(c3)C3(c6ccccc6Oc6cc7c(cc63)-c3ccccc3C73c6ccccc6-c6ccccc63)c3cccnc3-5)ccc24)cc1. The van der Waals surface area contributed by atoms with Gasteiger partial charge in [-0.15, -0.1) is 0 Å². The maximum absolute atomic E-state index is 7.22. The largest absolute Gasteiger partial charge is 0.457 e. The molecule has 5 nitrogen and oxygen atoms in total. The van der Waals surface area contributed by atoms with Crippen molar-refractivity contribution in [3.63, 3.8) is 0 Å². The van der Waals surface area contributed by atoms with E-state index in [1.807, 2.05) is 12.4 Å². The molecular weight excluding hydrogens is 867 g/mol. The highest BCUT2D eigenvalue weighted by Gasteiger charge is 2.56. The van der Waals surface area contributed by atoms with Crippen molar-refractivity contribution in [2.24, 2.45) is 0 Å². The number of ether oxygens (including phenoxy) is 1. The Balaban J connectivity index is 0.900. The number of hydrogen-bond donors (Lipinski definition) is 0. The van der Waals surface area contributed by atoms with Gasteiger partial charge in [0.05, 0.1) is 33.3 Å².